The number of amides is 2. The van der Waals surface area contributed by atoms with E-state index in [0.29, 0.717) is 6.54 Å². The molecular formula is C22H26N2O3. The summed E-state index contributed by atoms with van der Waals surface area (Å²) in [4.78, 5) is 26.7. The van der Waals surface area contributed by atoms with Gasteiger partial charge in [-0.25, -0.2) is 0 Å². The highest BCUT2D eigenvalue weighted by atomic mass is 16.5. The summed E-state index contributed by atoms with van der Waals surface area (Å²) in [6.45, 7) is 8.37. The van der Waals surface area contributed by atoms with Crippen LogP contribution in [0.3, 0.4) is 0 Å². The number of hydrogen-bond acceptors (Lipinski definition) is 3. The molecule has 1 heterocycles. The molecule has 27 heavy (non-hydrogen) atoms. The molecule has 1 saturated heterocycles. The van der Waals surface area contributed by atoms with Gasteiger partial charge in [-0.1, -0.05) is 6.07 Å². The van der Waals surface area contributed by atoms with E-state index in [4.69, 9.17) is 4.74 Å². The zero-order valence-corrected chi connectivity index (χ0v) is 16.3. The van der Waals surface area contributed by atoms with Gasteiger partial charge in [0.1, 0.15) is 5.75 Å². The Balaban J connectivity index is 1.65. The van der Waals surface area contributed by atoms with E-state index in [1.54, 1.807) is 4.90 Å². The molecule has 0 spiro atoms. The molecule has 5 heteroatoms. The number of hydrogen-bond donors (Lipinski definition) is 1. The Labute approximate surface area is 160 Å². The van der Waals surface area contributed by atoms with Crippen LogP contribution >= 0.6 is 0 Å². The van der Waals surface area contributed by atoms with Crippen molar-refractivity contribution in [1.29, 1.82) is 0 Å². The maximum absolute atomic E-state index is 12.6. The smallest absolute Gasteiger partial charge is 0.229 e. The molecule has 142 valence electrons. The quantitative estimate of drug-likeness (QED) is 0.867. The van der Waals surface area contributed by atoms with Crippen molar-refractivity contribution in [2.24, 2.45) is 5.92 Å². The van der Waals surface area contributed by atoms with E-state index >= 15 is 0 Å². The summed E-state index contributed by atoms with van der Waals surface area (Å²) >= 11 is 0. The van der Waals surface area contributed by atoms with E-state index in [0.717, 1.165) is 22.7 Å². The summed E-state index contributed by atoms with van der Waals surface area (Å²) < 4.78 is 5.63. The highest BCUT2D eigenvalue weighted by molar-refractivity contribution is 6.03. The van der Waals surface area contributed by atoms with Crippen LogP contribution < -0.4 is 15.0 Å². The lowest BCUT2D eigenvalue weighted by atomic mass is 10.1. The summed E-state index contributed by atoms with van der Waals surface area (Å²) in [5.74, 6) is 0.261. The van der Waals surface area contributed by atoms with Crippen molar-refractivity contribution in [2.75, 3.05) is 16.8 Å². The van der Waals surface area contributed by atoms with Crippen molar-refractivity contribution in [2.45, 2.75) is 40.2 Å². The number of anilines is 2. The Morgan fingerprint density at radius 2 is 1.81 bits per heavy atom. The summed E-state index contributed by atoms with van der Waals surface area (Å²) in [6, 6.07) is 13.3. The number of carbonyl (C=O) groups excluding carboxylic acids is 2. The van der Waals surface area contributed by atoms with Crippen molar-refractivity contribution in [3.8, 4) is 5.75 Å². The lowest BCUT2D eigenvalue weighted by Crippen LogP contribution is -2.28. The first-order valence-electron chi connectivity index (χ1n) is 9.28. The Morgan fingerprint density at radius 1 is 1.11 bits per heavy atom. The van der Waals surface area contributed by atoms with Crippen LogP contribution in [0.5, 0.6) is 5.75 Å². The van der Waals surface area contributed by atoms with E-state index in [9.17, 15) is 9.59 Å². The fourth-order valence-corrected chi connectivity index (χ4v) is 3.17. The minimum atomic E-state index is -0.356. The van der Waals surface area contributed by atoms with Crippen molar-refractivity contribution in [1.82, 2.24) is 0 Å². The maximum Gasteiger partial charge on any atom is 0.229 e. The highest BCUT2D eigenvalue weighted by Crippen LogP contribution is 2.28. The molecule has 2 aromatic carbocycles. The van der Waals surface area contributed by atoms with E-state index in [1.165, 1.54) is 5.56 Å². The monoisotopic (exact) mass is 366 g/mol. The van der Waals surface area contributed by atoms with E-state index in [2.05, 4.69) is 5.32 Å². The van der Waals surface area contributed by atoms with Crippen LogP contribution in [-0.4, -0.2) is 24.5 Å². The van der Waals surface area contributed by atoms with E-state index < -0.39 is 0 Å². The lowest BCUT2D eigenvalue weighted by Gasteiger charge is -2.18. The molecule has 0 bridgehead atoms. The van der Waals surface area contributed by atoms with Crippen LogP contribution in [0.15, 0.2) is 42.5 Å². The second kappa shape index (κ2) is 7.82. The minimum Gasteiger partial charge on any atom is -0.491 e. The van der Waals surface area contributed by atoms with Crippen molar-refractivity contribution < 1.29 is 14.3 Å². The van der Waals surface area contributed by atoms with Gasteiger partial charge in [-0.3, -0.25) is 9.59 Å². The Morgan fingerprint density at radius 3 is 2.44 bits per heavy atom. The van der Waals surface area contributed by atoms with Gasteiger partial charge in [-0.2, -0.15) is 0 Å². The predicted octanol–water partition coefficient (Wildman–Crippen LogP) is 4.08. The van der Waals surface area contributed by atoms with Crippen molar-refractivity contribution >= 4 is 23.2 Å². The Bertz CT molecular complexity index is 843. The van der Waals surface area contributed by atoms with Crippen LogP contribution in [0.4, 0.5) is 11.4 Å². The van der Waals surface area contributed by atoms with Gasteiger partial charge in [-0.15, -0.1) is 0 Å². The number of rotatable bonds is 5. The molecule has 1 unspecified atom stereocenters. The largest absolute Gasteiger partial charge is 0.491 e. The van der Waals surface area contributed by atoms with Gasteiger partial charge in [0.05, 0.1) is 12.0 Å². The molecule has 0 aromatic heterocycles. The third-order valence-corrected chi connectivity index (χ3v) is 4.79. The molecule has 1 N–H and O–H groups in total. The van der Waals surface area contributed by atoms with Gasteiger partial charge in [0, 0.05) is 24.3 Å². The second-order valence-electron chi connectivity index (χ2n) is 7.35. The Hall–Kier alpha value is -2.82. The van der Waals surface area contributed by atoms with E-state index in [1.807, 2.05) is 70.2 Å². The molecule has 1 aliphatic rings. The molecule has 1 atom stereocenters. The second-order valence-corrected chi connectivity index (χ2v) is 7.35. The molecular weight excluding hydrogens is 340 g/mol. The number of carbonyl (C=O) groups is 2. The molecule has 1 aliphatic heterocycles. The first-order chi connectivity index (χ1) is 12.8. The average Bonchev–Trinajstić information content (AvgIpc) is 3.00. The van der Waals surface area contributed by atoms with Gasteiger partial charge >= 0.3 is 0 Å². The van der Waals surface area contributed by atoms with Gasteiger partial charge in [0.15, 0.2) is 0 Å². The van der Waals surface area contributed by atoms with Crippen molar-refractivity contribution in [3.63, 3.8) is 0 Å². The number of ether oxygens (including phenoxy) is 1. The van der Waals surface area contributed by atoms with E-state index in [-0.39, 0.29) is 30.3 Å². The van der Waals surface area contributed by atoms with Crippen LogP contribution in [0.1, 0.15) is 31.4 Å². The summed E-state index contributed by atoms with van der Waals surface area (Å²) in [7, 11) is 0. The summed E-state index contributed by atoms with van der Waals surface area (Å²) in [6.07, 6.45) is 0.323. The third kappa shape index (κ3) is 4.48. The van der Waals surface area contributed by atoms with Crippen LogP contribution in [0.25, 0.3) is 0 Å². The van der Waals surface area contributed by atoms with Crippen molar-refractivity contribution in [3.05, 3.63) is 53.6 Å². The normalized spacial score (nSPS) is 16.7. The molecule has 2 amide bonds. The third-order valence-electron chi connectivity index (χ3n) is 4.79. The molecule has 0 aliphatic carbocycles. The lowest BCUT2D eigenvalue weighted by molar-refractivity contribution is -0.122. The predicted molar refractivity (Wildman–Crippen MR) is 107 cm³/mol. The molecule has 2 aromatic rings. The number of nitrogens with one attached hydrogen (secondary N) is 1. The molecule has 5 nitrogen and oxygen atoms in total. The fraction of sp³-hybridized carbons (Fsp3) is 0.364. The molecule has 0 saturated carbocycles. The number of aryl methyl sites for hydroxylation is 2. The number of benzene rings is 2. The van der Waals surface area contributed by atoms with Crippen LogP contribution in [0.2, 0.25) is 0 Å². The zero-order valence-electron chi connectivity index (χ0n) is 16.3. The molecule has 1 fully saturated rings. The zero-order chi connectivity index (χ0) is 19.6. The maximum atomic E-state index is 12.6. The Kier molecular flexibility index (Phi) is 5.49. The van der Waals surface area contributed by atoms with Crippen LogP contribution in [-0.2, 0) is 9.59 Å². The van der Waals surface area contributed by atoms with Gasteiger partial charge < -0.3 is 15.0 Å². The topological polar surface area (TPSA) is 58.6 Å². The molecule has 3 rings (SSSR count). The van der Waals surface area contributed by atoms with Gasteiger partial charge in [-0.05, 0) is 75.2 Å². The summed E-state index contributed by atoms with van der Waals surface area (Å²) in [5.41, 5.74) is 3.86. The average molecular weight is 366 g/mol. The highest BCUT2D eigenvalue weighted by Gasteiger charge is 2.35. The van der Waals surface area contributed by atoms with Gasteiger partial charge in [0.25, 0.3) is 0 Å². The molecule has 0 radical (unpaired) electrons. The van der Waals surface area contributed by atoms with Gasteiger partial charge in [0.2, 0.25) is 11.8 Å². The fourth-order valence-electron chi connectivity index (χ4n) is 3.17. The minimum absolute atomic E-state index is 0.0345. The number of nitrogens with zero attached hydrogens (tertiary/aromatic N) is 1. The summed E-state index contributed by atoms with van der Waals surface area (Å²) in [5, 5.41) is 2.94. The van der Waals surface area contributed by atoms with Crippen LogP contribution in [0, 0.1) is 19.8 Å². The first kappa shape index (κ1) is 19.0. The first-order valence-corrected chi connectivity index (χ1v) is 9.28. The SMILES string of the molecule is Cc1ccc(NC(=O)C2CC(=O)N(c3ccc(OC(C)C)cc3)C2)cc1C. The standard InChI is InChI=1S/C22H26N2O3/c1-14(2)27-20-9-7-19(8-10-20)24-13-17(12-21(24)25)22(26)23-18-6-5-15(3)16(4)11-18/h5-11,14,17H,12-13H2,1-4H3,(H,23,26).